The van der Waals surface area contributed by atoms with Gasteiger partial charge in [-0.3, -0.25) is 14.1 Å². The van der Waals surface area contributed by atoms with E-state index in [4.69, 9.17) is 26.8 Å². The number of hydrogen-bond donors (Lipinski definition) is 7. The Hall–Kier alpha value is -5.67. The lowest BCUT2D eigenvalue weighted by Crippen LogP contribution is -2.34. The number of aliphatic hydroxyl groups is 2. The van der Waals surface area contributed by atoms with E-state index in [1.54, 1.807) is 12.3 Å². The molecule has 3 aromatic carbocycles. The van der Waals surface area contributed by atoms with Gasteiger partial charge in [-0.25, -0.2) is 27.5 Å². The Morgan fingerprint density at radius 3 is 1.78 bits per heavy atom. The maximum Gasteiger partial charge on any atom is 0.332 e. The summed E-state index contributed by atoms with van der Waals surface area (Å²) >= 11 is 5.62. The van der Waals surface area contributed by atoms with E-state index < -0.39 is 33.0 Å². The van der Waals surface area contributed by atoms with E-state index >= 15 is 0 Å². The smallest absolute Gasteiger partial charge is 0.332 e. The second-order valence-electron chi connectivity index (χ2n) is 15.6. The van der Waals surface area contributed by atoms with Crippen LogP contribution in [0.4, 0.5) is 21.0 Å². The molecule has 2 unspecified atom stereocenters. The molecule has 0 bridgehead atoms. The highest BCUT2D eigenvalue weighted by Crippen LogP contribution is 2.40. The molecule has 0 fully saturated rings. The summed E-state index contributed by atoms with van der Waals surface area (Å²) in [6, 6.07) is 14.0. The molecule has 0 saturated heterocycles. The Balaban J connectivity index is 0.000000142. The maximum atomic E-state index is 12.6. The molecule has 2 atom stereocenters. The van der Waals surface area contributed by atoms with Crippen LogP contribution in [0, 0.1) is 4.78 Å². The first-order valence-electron chi connectivity index (χ1n) is 21.0. The van der Waals surface area contributed by atoms with E-state index in [0.717, 1.165) is 99.5 Å². The van der Waals surface area contributed by atoms with E-state index in [1.165, 1.54) is 70.3 Å². The molecule has 18 nitrogen and oxygen atoms in total. The van der Waals surface area contributed by atoms with Crippen molar-refractivity contribution in [1.82, 2.24) is 43.5 Å². The van der Waals surface area contributed by atoms with Crippen LogP contribution in [0.5, 0.6) is 0 Å². The van der Waals surface area contributed by atoms with Gasteiger partial charge < -0.3 is 20.8 Å². The van der Waals surface area contributed by atoms with Crippen molar-refractivity contribution >= 4 is 67.1 Å². The molecular weight excluding hydrogens is 868 g/mol. The van der Waals surface area contributed by atoms with Crippen molar-refractivity contribution in [2.75, 3.05) is 23.8 Å². The number of amides is 4. The van der Waals surface area contributed by atoms with Crippen molar-refractivity contribution in [3.8, 4) is 0 Å². The zero-order valence-electron chi connectivity index (χ0n) is 34.4. The third-order valence-electron chi connectivity index (χ3n) is 11.5. The van der Waals surface area contributed by atoms with Crippen LogP contribution in [0.25, 0.3) is 11.0 Å². The highest BCUT2D eigenvalue weighted by atomic mass is 35.5. The van der Waals surface area contributed by atoms with Gasteiger partial charge in [-0.1, -0.05) is 24.3 Å². The van der Waals surface area contributed by atoms with Gasteiger partial charge in [0.2, 0.25) is 0 Å². The van der Waals surface area contributed by atoms with E-state index in [1.807, 2.05) is 24.3 Å². The summed E-state index contributed by atoms with van der Waals surface area (Å²) in [5.41, 5.74) is 13.5. The highest BCUT2D eigenvalue weighted by Gasteiger charge is 2.27. The topological polar surface area (TPSA) is 247 Å². The summed E-state index contributed by atoms with van der Waals surface area (Å²) < 4.78 is 41.8. The number of halogens is 1. The Labute approximate surface area is 371 Å². The number of benzene rings is 3. The van der Waals surface area contributed by atoms with Gasteiger partial charge in [0.1, 0.15) is 11.0 Å². The zero-order valence-corrected chi connectivity index (χ0v) is 36.8. The summed E-state index contributed by atoms with van der Waals surface area (Å²) in [5.74, 6) is 0. The van der Waals surface area contributed by atoms with E-state index in [2.05, 4.69) is 52.7 Å². The molecule has 6 aromatic rings. The van der Waals surface area contributed by atoms with Crippen LogP contribution in [0.1, 0.15) is 70.2 Å². The quantitative estimate of drug-likeness (QED) is 0.0956. The number of nitrogens with zero attached hydrogens (tertiary/aromatic N) is 7. The fourth-order valence-electron chi connectivity index (χ4n) is 8.76. The number of anilines is 2. The third kappa shape index (κ3) is 9.94. The Kier molecular flexibility index (Phi) is 13.5. The largest absolute Gasteiger partial charge is 0.394 e. The summed E-state index contributed by atoms with van der Waals surface area (Å²) in [6.45, 7) is 0.403. The number of fused-ring (bicyclic) bond motifs is 5. The number of aromatic nitrogens is 7. The van der Waals surface area contributed by atoms with Crippen LogP contribution >= 0.6 is 11.8 Å². The second kappa shape index (κ2) is 19.4. The van der Waals surface area contributed by atoms with Crippen molar-refractivity contribution in [3.63, 3.8) is 0 Å². The predicted molar refractivity (Wildman–Crippen MR) is 238 cm³/mol. The number of rotatable bonds is 10. The minimum Gasteiger partial charge on any atom is -0.394 e. The minimum atomic E-state index is -3.58. The number of carbonyl (C=O) groups excluding carboxylic acids is 2. The summed E-state index contributed by atoms with van der Waals surface area (Å²) in [6.07, 6.45) is 15.5. The van der Waals surface area contributed by atoms with Crippen molar-refractivity contribution in [1.29, 1.82) is 4.78 Å². The number of para-hydroxylation sites is 1. The number of aryl methyl sites for hydroxylation is 4. The molecule has 0 radical (unpaired) electrons. The Morgan fingerprint density at radius 1 is 0.730 bits per heavy atom. The fourth-order valence-corrected chi connectivity index (χ4v) is 10.5. The third-order valence-corrected chi connectivity index (χ3v) is 14.0. The normalized spacial score (nSPS) is 15.7. The average molecular weight is 918 g/mol. The van der Waals surface area contributed by atoms with Gasteiger partial charge in [0.05, 0.1) is 26.3 Å². The molecule has 10 rings (SSSR count). The van der Waals surface area contributed by atoms with Gasteiger partial charge in [-0.15, -0.1) is 5.10 Å². The van der Waals surface area contributed by atoms with E-state index in [9.17, 15) is 18.0 Å². The van der Waals surface area contributed by atoms with Crippen LogP contribution in [0.15, 0.2) is 71.0 Å². The molecule has 4 aliphatic carbocycles. The SMILES string of the molecule is Cln1nnc2ccccc21.N=S(=O)(NC(=O)Nc1c2c(cc3c1CCC3)CCC2)c1ccn(CCO)n1.O=C(Nc1c2c(cc3c1CCC3)CCC2)NS(=O)c1ccn(CCO)n1. The first kappa shape index (κ1) is 44.0. The Morgan fingerprint density at radius 2 is 1.24 bits per heavy atom. The molecule has 0 aliphatic heterocycles. The fraction of sp³-hybridized carbons (Fsp3) is 0.381. The van der Waals surface area contributed by atoms with Crippen LogP contribution in [0.2, 0.25) is 0 Å². The molecule has 4 aliphatic rings. The van der Waals surface area contributed by atoms with Gasteiger partial charge in [-0.05, 0) is 151 Å². The summed E-state index contributed by atoms with van der Waals surface area (Å²) in [5, 5.41) is 39.4. The van der Waals surface area contributed by atoms with Crippen LogP contribution in [0.3, 0.4) is 0 Å². The Bertz CT molecular complexity index is 2740. The van der Waals surface area contributed by atoms with Crippen molar-refractivity contribution in [3.05, 3.63) is 105 Å². The molecule has 0 saturated carbocycles. The number of aliphatic hydroxyl groups excluding tert-OH is 2. The minimum absolute atomic E-state index is 0.0328. The lowest BCUT2D eigenvalue weighted by Gasteiger charge is -2.17. The van der Waals surface area contributed by atoms with Crippen LogP contribution < -0.4 is 20.1 Å². The van der Waals surface area contributed by atoms with Crippen LogP contribution in [-0.2, 0) is 85.4 Å². The molecule has 3 heterocycles. The molecule has 21 heteroatoms. The second-order valence-corrected chi connectivity index (χ2v) is 18.8. The maximum absolute atomic E-state index is 12.6. The molecule has 4 amide bonds. The summed E-state index contributed by atoms with van der Waals surface area (Å²) in [4.78, 5) is 25.0. The lowest BCUT2D eigenvalue weighted by molar-refractivity contribution is 0.256. The van der Waals surface area contributed by atoms with Crippen molar-refractivity contribution in [2.24, 2.45) is 0 Å². The van der Waals surface area contributed by atoms with Gasteiger partial charge in [0.15, 0.2) is 31.0 Å². The molecule has 3 aromatic heterocycles. The first-order chi connectivity index (χ1) is 30.5. The predicted octanol–water partition coefficient (Wildman–Crippen LogP) is 5.13. The molecule has 332 valence electrons. The van der Waals surface area contributed by atoms with Gasteiger partial charge in [-0.2, -0.15) is 14.4 Å². The zero-order chi connectivity index (χ0) is 44.1. The highest BCUT2D eigenvalue weighted by molar-refractivity contribution is 7.91. The van der Waals surface area contributed by atoms with Gasteiger partial charge in [0, 0.05) is 35.5 Å². The van der Waals surface area contributed by atoms with Crippen LogP contribution in [-0.4, -0.2) is 78.0 Å². The molecular formula is C42H49ClN12O6S2. The molecule has 0 spiro atoms. The summed E-state index contributed by atoms with van der Waals surface area (Å²) in [7, 11) is -5.32. The standard InChI is InChI=1S/C18H23N5O3S.C18H22N4O3S.C6H4ClN3/c19-27(26,16-7-8-23(21-16)9-10-24)22-18(25)20-17-14-5-1-3-12(14)11-13-4-2-6-15(13)17;23-10-9-22-8-7-16(20-22)26(25)21-18(24)19-17-14-5-1-3-12(14)11-13-4-2-6-15(13)17;7-10-6-4-2-1-3-5(6)8-9-10/h7-8,11,24H,1-6,9-10H2,(H3,19,20,22,25,26);7-8,11,23H,1-6,9-10H2,(H2,19,21,24);1-4H. The molecule has 7 N–H and O–H groups in total. The van der Waals surface area contributed by atoms with Gasteiger partial charge >= 0.3 is 12.1 Å². The number of urea groups is 2. The van der Waals surface area contributed by atoms with Gasteiger partial charge in [0.25, 0.3) is 0 Å². The first-order valence-corrected chi connectivity index (χ1v) is 24.0. The number of hydrogen-bond acceptors (Lipinski definition) is 11. The van der Waals surface area contributed by atoms with Crippen molar-refractivity contribution in [2.45, 2.75) is 100 Å². The average Bonchev–Trinajstić information content (AvgIpc) is 4.11. The monoisotopic (exact) mass is 916 g/mol. The molecule has 63 heavy (non-hydrogen) atoms. The van der Waals surface area contributed by atoms with E-state index in [-0.39, 0.29) is 29.8 Å². The number of carbonyl (C=O) groups is 2. The number of nitrogens with one attached hydrogen (secondary N) is 5. The van der Waals surface area contributed by atoms with Crippen molar-refractivity contribution < 1.29 is 28.2 Å². The van der Waals surface area contributed by atoms with E-state index in [0.29, 0.717) is 6.54 Å². The lowest BCUT2D eigenvalue weighted by atomic mass is 9.99.